The number of amides is 2. The molecule has 0 aromatic heterocycles. The van der Waals surface area contributed by atoms with Gasteiger partial charge in [-0.15, -0.1) is 0 Å². The predicted octanol–water partition coefficient (Wildman–Crippen LogP) is 12.6. The number of anilines is 2. The number of carbonyl (C=O) groups is 2. The van der Waals surface area contributed by atoms with Gasteiger partial charge >= 0.3 is 30.7 Å². The van der Waals surface area contributed by atoms with Gasteiger partial charge in [-0.25, -0.2) is 9.59 Å². The number of fused-ring (bicyclic) bond motifs is 2. The molecule has 2 amide bonds. The van der Waals surface area contributed by atoms with Crippen molar-refractivity contribution in [3.8, 4) is 0 Å². The fourth-order valence-electron chi connectivity index (χ4n) is 5.51. The van der Waals surface area contributed by atoms with Crippen molar-refractivity contribution in [3.63, 3.8) is 0 Å². The zero-order valence-corrected chi connectivity index (χ0v) is 31.9. The maximum atomic E-state index is 13.4. The minimum absolute atomic E-state index is 0.00564. The van der Waals surface area contributed by atoms with Crippen LogP contribution in [0.5, 0.6) is 0 Å². The SMILES string of the molecule is CC.CC.CC.CCOC(=O)N1c2ccc(C(F)(F)F)cc2C(NCc2cc(C(F)(F)F)cc(C(F)(F)F)c2)CC1C.O=C(O)N1CC=Cc2ccccc21. The van der Waals surface area contributed by atoms with Crippen molar-refractivity contribution < 1.29 is 58.9 Å². The Labute approximate surface area is 315 Å². The maximum Gasteiger partial charge on any atom is 0.416 e. The van der Waals surface area contributed by atoms with E-state index in [2.05, 4.69) is 5.32 Å². The second-order valence-electron chi connectivity index (χ2n) is 11.1. The first-order chi connectivity index (χ1) is 25.8. The molecule has 55 heavy (non-hydrogen) atoms. The number of nitrogens with one attached hydrogen (secondary N) is 1. The smallest absolute Gasteiger partial charge is 0.416 e. The van der Waals surface area contributed by atoms with E-state index in [0.717, 1.165) is 29.4 Å². The number of rotatable bonds is 4. The normalized spacial score (nSPS) is 15.9. The van der Waals surface area contributed by atoms with Gasteiger partial charge in [-0.05, 0) is 79.4 Å². The number of hydrogen-bond donors (Lipinski definition) is 2. The summed E-state index contributed by atoms with van der Waals surface area (Å²) in [7, 11) is 0. The molecule has 0 saturated carbocycles. The summed E-state index contributed by atoms with van der Waals surface area (Å²) in [6.45, 7) is 15.1. The Morgan fingerprint density at radius 3 is 1.84 bits per heavy atom. The molecule has 0 saturated heterocycles. The third kappa shape index (κ3) is 13.2. The van der Waals surface area contributed by atoms with E-state index in [-0.39, 0.29) is 35.9 Å². The van der Waals surface area contributed by atoms with Gasteiger partial charge in [-0.1, -0.05) is 71.9 Å². The summed E-state index contributed by atoms with van der Waals surface area (Å²) in [6, 6.07) is 9.71. The highest BCUT2D eigenvalue weighted by Crippen LogP contribution is 2.42. The second-order valence-corrected chi connectivity index (χ2v) is 11.1. The molecule has 2 heterocycles. The monoisotopic (exact) mass is 793 g/mol. The lowest BCUT2D eigenvalue weighted by Gasteiger charge is -2.39. The standard InChI is InChI=1S/C23H21F9N2O2.C10H9NO2.3C2H6/c1-3-36-20(35)34-12(2)6-18(17-10-14(21(24,25)26)4-5-19(17)34)33-11-13-7-15(22(27,28)29)9-16(8-13)23(30,31)32;12-10(13)11-7-3-5-8-4-1-2-6-9(8)11;3*1-2/h4-5,7-10,12,18,33H,3,6,11H2,1-2H3;1-6H,7H2,(H,12,13);3*1-2H3. The molecule has 7 nitrogen and oxygen atoms in total. The summed E-state index contributed by atoms with van der Waals surface area (Å²) in [4.78, 5) is 25.8. The molecule has 0 fully saturated rings. The number of halogens is 9. The van der Waals surface area contributed by atoms with Crippen LogP contribution < -0.4 is 15.1 Å². The van der Waals surface area contributed by atoms with E-state index in [1.54, 1.807) is 13.8 Å². The molecule has 0 spiro atoms. The number of carbonyl (C=O) groups excluding carboxylic acids is 1. The number of carboxylic acid groups (broad SMARTS) is 1. The van der Waals surface area contributed by atoms with Crippen molar-refractivity contribution in [2.24, 2.45) is 0 Å². The molecule has 3 aromatic rings. The molecule has 2 atom stereocenters. The lowest BCUT2D eigenvalue weighted by atomic mass is 9.90. The molecule has 306 valence electrons. The number of alkyl halides is 9. The molecule has 3 aromatic carbocycles. The van der Waals surface area contributed by atoms with Crippen LogP contribution in [0.3, 0.4) is 0 Å². The Balaban J connectivity index is 0.000000657. The molecule has 5 rings (SSSR count). The van der Waals surface area contributed by atoms with Gasteiger partial charge in [0.25, 0.3) is 0 Å². The van der Waals surface area contributed by atoms with Crippen molar-refractivity contribution in [3.05, 3.63) is 100 Å². The molecule has 0 bridgehead atoms. The summed E-state index contributed by atoms with van der Waals surface area (Å²) < 4.78 is 124. The van der Waals surface area contributed by atoms with E-state index in [0.29, 0.717) is 18.7 Å². The quantitative estimate of drug-likeness (QED) is 0.257. The first-order valence-electron chi connectivity index (χ1n) is 17.8. The number of para-hydroxylation sites is 1. The summed E-state index contributed by atoms with van der Waals surface area (Å²) in [5.74, 6) is 0. The minimum Gasteiger partial charge on any atom is -0.465 e. The highest BCUT2D eigenvalue weighted by molar-refractivity contribution is 5.91. The van der Waals surface area contributed by atoms with Crippen LogP contribution in [0.4, 0.5) is 60.5 Å². The highest BCUT2D eigenvalue weighted by atomic mass is 19.4. The maximum absolute atomic E-state index is 13.4. The van der Waals surface area contributed by atoms with Crippen LogP contribution >= 0.6 is 0 Å². The van der Waals surface area contributed by atoms with Crippen LogP contribution in [-0.4, -0.2) is 36.5 Å². The van der Waals surface area contributed by atoms with Crippen LogP contribution in [0.2, 0.25) is 0 Å². The first kappa shape index (κ1) is 48.3. The molecular weight excluding hydrogens is 745 g/mol. The topological polar surface area (TPSA) is 82.1 Å². The third-order valence-corrected chi connectivity index (χ3v) is 7.72. The fraction of sp³-hybridized carbons (Fsp3) is 0.436. The van der Waals surface area contributed by atoms with Gasteiger partial charge in [0.1, 0.15) is 0 Å². The molecule has 2 N–H and O–H groups in total. The molecule has 2 aliphatic heterocycles. The number of hydrogen-bond acceptors (Lipinski definition) is 4. The van der Waals surface area contributed by atoms with Crippen LogP contribution in [0.25, 0.3) is 6.08 Å². The Morgan fingerprint density at radius 1 is 0.782 bits per heavy atom. The van der Waals surface area contributed by atoms with E-state index in [9.17, 15) is 49.1 Å². The summed E-state index contributed by atoms with van der Waals surface area (Å²) in [5, 5.41) is 11.6. The van der Waals surface area contributed by atoms with E-state index in [1.807, 2.05) is 78.0 Å². The van der Waals surface area contributed by atoms with Crippen molar-refractivity contribution in [2.45, 2.75) is 99.0 Å². The number of benzene rings is 3. The third-order valence-electron chi connectivity index (χ3n) is 7.72. The minimum atomic E-state index is -5.04. The van der Waals surface area contributed by atoms with Crippen LogP contribution in [-0.2, 0) is 29.8 Å². The van der Waals surface area contributed by atoms with Gasteiger partial charge < -0.3 is 15.2 Å². The van der Waals surface area contributed by atoms with Gasteiger partial charge in [0.2, 0.25) is 0 Å². The van der Waals surface area contributed by atoms with E-state index >= 15 is 0 Å². The fourth-order valence-corrected chi connectivity index (χ4v) is 5.51. The Morgan fingerprint density at radius 2 is 1.33 bits per heavy atom. The van der Waals surface area contributed by atoms with Crippen LogP contribution in [0, 0.1) is 0 Å². The molecule has 16 heteroatoms. The number of ether oxygens (including phenoxy) is 1. The molecule has 2 aliphatic rings. The lowest BCUT2D eigenvalue weighted by Crippen LogP contribution is -2.45. The van der Waals surface area contributed by atoms with E-state index in [4.69, 9.17) is 9.84 Å². The first-order valence-corrected chi connectivity index (χ1v) is 17.8. The van der Waals surface area contributed by atoms with Crippen LogP contribution in [0.15, 0.2) is 66.7 Å². The molecule has 2 unspecified atom stereocenters. The van der Waals surface area contributed by atoms with Gasteiger partial charge in [0, 0.05) is 25.2 Å². The zero-order chi connectivity index (χ0) is 42.3. The largest absolute Gasteiger partial charge is 0.465 e. The second kappa shape index (κ2) is 21.4. The van der Waals surface area contributed by atoms with Gasteiger partial charge in [-0.3, -0.25) is 9.80 Å². The van der Waals surface area contributed by atoms with Crippen molar-refractivity contribution >= 4 is 29.6 Å². The van der Waals surface area contributed by atoms with Crippen molar-refractivity contribution in [1.29, 1.82) is 0 Å². The Bertz CT molecular complexity index is 1670. The Kier molecular flexibility index (Phi) is 18.8. The van der Waals surface area contributed by atoms with Crippen molar-refractivity contribution in [1.82, 2.24) is 5.32 Å². The predicted molar refractivity (Wildman–Crippen MR) is 196 cm³/mol. The zero-order valence-electron chi connectivity index (χ0n) is 31.9. The van der Waals surface area contributed by atoms with Gasteiger partial charge in [0.05, 0.1) is 34.7 Å². The number of nitrogens with zero attached hydrogens (tertiary/aromatic N) is 2. The molecule has 0 radical (unpaired) electrons. The summed E-state index contributed by atoms with van der Waals surface area (Å²) >= 11 is 0. The Hall–Kier alpha value is -4.73. The molecule has 0 aliphatic carbocycles. The van der Waals surface area contributed by atoms with Gasteiger partial charge in [0.15, 0.2) is 0 Å². The summed E-state index contributed by atoms with van der Waals surface area (Å²) in [6.07, 6.45) is -12.7. The lowest BCUT2D eigenvalue weighted by molar-refractivity contribution is -0.143. The van der Waals surface area contributed by atoms with E-state index in [1.165, 1.54) is 9.80 Å². The van der Waals surface area contributed by atoms with E-state index < -0.39 is 66.0 Å². The molecular formula is C39H48F9N3O4. The van der Waals surface area contributed by atoms with Gasteiger partial charge in [-0.2, -0.15) is 39.5 Å². The summed E-state index contributed by atoms with van der Waals surface area (Å²) in [5.41, 5.74) is -2.56. The average Bonchev–Trinajstić information content (AvgIpc) is 3.15. The highest BCUT2D eigenvalue weighted by Gasteiger charge is 2.39. The van der Waals surface area contributed by atoms with Crippen LogP contribution in [0.1, 0.15) is 101 Å². The average molecular weight is 794 g/mol. The van der Waals surface area contributed by atoms with Crippen molar-refractivity contribution in [2.75, 3.05) is 23.0 Å².